The maximum absolute atomic E-state index is 13.8. The van der Waals surface area contributed by atoms with Crippen LogP contribution < -0.4 is 11.1 Å². The summed E-state index contributed by atoms with van der Waals surface area (Å²) in [6, 6.07) is 0. The number of rotatable bonds is 7. The summed E-state index contributed by atoms with van der Waals surface area (Å²) in [4.78, 5) is 31.9. The van der Waals surface area contributed by atoms with Crippen LogP contribution in [0.15, 0.2) is 24.4 Å². The van der Waals surface area contributed by atoms with Gasteiger partial charge in [-0.3, -0.25) is 9.69 Å². The molecule has 2 fully saturated rings. The van der Waals surface area contributed by atoms with Crippen LogP contribution in [-0.4, -0.2) is 61.6 Å². The van der Waals surface area contributed by atoms with E-state index in [4.69, 9.17) is 16.1 Å². The molecule has 5 N–H and O–H groups in total. The average Bonchev–Trinajstić information content (AvgIpc) is 3.40. The van der Waals surface area contributed by atoms with Crippen molar-refractivity contribution in [1.29, 1.82) is 5.41 Å². The van der Waals surface area contributed by atoms with Crippen molar-refractivity contribution in [2.75, 3.05) is 30.7 Å². The normalized spacial score (nSPS) is 23.6. The summed E-state index contributed by atoms with van der Waals surface area (Å²) >= 11 is 1.45. The summed E-state index contributed by atoms with van der Waals surface area (Å²) in [6.45, 7) is 2.93. The monoisotopic (exact) mass is 454 g/mol. The van der Waals surface area contributed by atoms with Crippen molar-refractivity contribution in [3.05, 3.63) is 40.5 Å². The number of carbonyl (C=O) groups is 1. The number of amides is 1. The largest absolute Gasteiger partial charge is 0.513 e. The minimum absolute atomic E-state index is 0.146. The lowest BCUT2D eigenvalue weighted by molar-refractivity contribution is -0.136. The molecule has 1 atom stereocenters. The van der Waals surface area contributed by atoms with Gasteiger partial charge in [-0.05, 0) is 25.2 Å². The van der Waals surface area contributed by atoms with Crippen LogP contribution >= 0.6 is 11.3 Å². The number of likely N-dealkylation sites (tertiary alicyclic amines) is 1. The highest BCUT2D eigenvalue weighted by Crippen LogP contribution is 2.43. The quantitative estimate of drug-likeness (QED) is 0.367. The van der Waals surface area contributed by atoms with E-state index in [1.165, 1.54) is 29.1 Å². The Balaban J connectivity index is 1.49. The molecule has 2 aliphatic heterocycles. The molecule has 0 radical (unpaired) electrons. The lowest BCUT2D eigenvalue weighted by atomic mass is 9.77. The van der Waals surface area contributed by atoms with Crippen molar-refractivity contribution in [1.82, 2.24) is 24.8 Å². The van der Waals surface area contributed by atoms with Crippen molar-refractivity contribution in [3.63, 3.8) is 0 Å². The first-order valence-electron chi connectivity index (χ1n) is 10.7. The molecule has 168 valence electrons. The van der Waals surface area contributed by atoms with E-state index in [2.05, 4.69) is 20.2 Å². The van der Waals surface area contributed by atoms with Crippen LogP contribution in [-0.2, 0) is 23.3 Å². The molecule has 1 aliphatic carbocycles. The Kier molecular flexibility index (Phi) is 5.30. The van der Waals surface area contributed by atoms with Gasteiger partial charge in [0.25, 0.3) is 0 Å². The van der Waals surface area contributed by atoms with Gasteiger partial charge in [-0.1, -0.05) is 0 Å². The van der Waals surface area contributed by atoms with Crippen LogP contribution in [0.1, 0.15) is 35.4 Å². The highest BCUT2D eigenvalue weighted by atomic mass is 32.1. The van der Waals surface area contributed by atoms with Gasteiger partial charge in [0.15, 0.2) is 5.13 Å². The number of fused-ring (bicyclic) bond motifs is 2. The van der Waals surface area contributed by atoms with Crippen LogP contribution in [0.5, 0.6) is 0 Å². The Morgan fingerprint density at radius 1 is 1.41 bits per heavy atom. The van der Waals surface area contributed by atoms with Crippen LogP contribution in [0.25, 0.3) is 0 Å². The maximum Gasteiger partial charge on any atom is 0.241 e. The first kappa shape index (κ1) is 20.8. The number of hydrogen-bond acceptors (Lipinski definition) is 10. The zero-order valence-electron chi connectivity index (χ0n) is 17.6. The molecule has 2 aromatic heterocycles. The molecule has 11 heteroatoms. The predicted molar refractivity (Wildman–Crippen MR) is 121 cm³/mol. The van der Waals surface area contributed by atoms with E-state index >= 15 is 0 Å². The number of nitrogens with two attached hydrogens (primary N) is 1. The van der Waals surface area contributed by atoms with Crippen molar-refractivity contribution in [2.24, 2.45) is 5.92 Å². The predicted octanol–water partition coefficient (Wildman–Crippen LogP) is 1.87. The highest BCUT2D eigenvalue weighted by Gasteiger charge is 2.53. The molecular formula is C21H26N8O2S. The van der Waals surface area contributed by atoms with Crippen molar-refractivity contribution in [2.45, 2.75) is 37.8 Å². The number of aliphatic hydroxyl groups excluding tert-OH is 1. The number of aromatic nitrogens is 3. The number of anilines is 2. The zero-order chi connectivity index (χ0) is 22.3. The van der Waals surface area contributed by atoms with Gasteiger partial charge in [0.05, 0.1) is 17.9 Å². The summed E-state index contributed by atoms with van der Waals surface area (Å²) in [5, 5.41) is 21.1. The number of nitrogen functional groups attached to an aromatic ring is 1. The zero-order valence-corrected chi connectivity index (χ0v) is 18.4. The number of hydrogen-bond donors (Lipinski definition) is 4. The van der Waals surface area contributed by atoms with Gasteiger partial charge in [0.1, 0.15) is 11.7 Å². The number of aliphatic hydroxyl groups is 1. The van der Waals surface area contributed by atoms with E-state index < -0.39 is 5.41 Å². The second kappa shape index (κ2) is 8.14. The van der Waals surface area contributed by atoms with E-state index in [0.29, 0.717) is 43.1 Å². The van der Waals surface area contributed by atoms with E-state index in [1.807, 2.05) is 0 Å². The molecule has 10 nitrogen and oxygen atoms in total. The fourth-order valence-corrected chi connectivity index (χ4v) is 5.31. The molecule has 32 heavy (non-hydrogen) atoms. The van der Waals surface area contributed by atoms with Gasteiger partial charge >= 0.3 is 0 Å². The smallest absolute Gasteiger partial charge is 0.241 e. The molecule has 1 unspecified atom stereocenters. The van der Waals surface area contributed by atoms with Gasteiger partial charge in [-0.15, -0.1) is 11.3 Å². The number of allylic oxidation sites excluding steroid dienone is 1. The Hall–Kier alpha value is -3.05. The molecule has 1 amide bonds. The molecule has 1 saturated heterocycles. The standard InChI is InChI=1S/C21H26N8O2S/c22-5-15(11-30)29-9-14-7-26-20(25-6-13-1-2-13)27-17(14)21(18(29)31)3-4-28(12-21)10-16-8-24-19(23)32-16/h5,7-8,11,13,22,30H,1-4,6,9-10,12H2,(H2,23,24)(H,25,26,27)/b15-11+,22-5?. The molecule has 4 heterocycles. The second-order valence-electron chi connectivity index (χ2n) is 8.69. The summed E-state index contributed by atoms with van der Waals surface area (Å²) in [7, 11) is 0. The highest BCUT2D eigenvalue weighted by molar-refractivity contribution is 7.15. The molecule has 0 aromatic carbocycles. The van der Waals surface area contributed by atoms with Crippen LogP contribution in [0, 0.1) is 11.3 Å². The van der Waals surface area contributed by atoms with Gasteiger partial charge in [-0.2, -0.15) is 0 Å². The molecular weight excluding hydrogens is 428 g/mol. The summed E-state index contributed by atoms with van der Waals surface area (Å²) in [5.41, 5.74) is 6.67. The van der Waals surface area contributed by atoms with Crippen LogP contribution in [0.3, 0.4) is 0 Å². The SMILES string of the molecule is N=C/C(=C\O)N1Cc2cnc(NCC3CC3)nc2C2(CCN(Cc3cnc(N)s3)C2)C1=O. The minimum Gasteiger partial charge on any atom is -0.513 e. The molecule has 2 aromatic rings. The Morgan fingerprint density at radius 3 is 2.94 bits per heavy atom. The third kappa shape index (κ3) is 3.71. The Labute approximate surface area is 189 Å². The Bertz CT molecular complexity index is 1080. The average molecular weight is 455 g/mol. The topological polar surface area (TPSA) is 144 Å². The molecule has 0 bridgehead atoms. The van der Waals surface area contributed by atoms with Crippen LogP contribution in [0.2, 0.25) is 0 Å². The summed E-state index contributed by atoms with van der Waals surface area (Å²) < 4.78 is 0. The van der Waals surface area contributed by atoms with E-state index in [-0.39, 0.29) is 18.1 Å². The van der Waals surface area contributed by atoms with Crippen molar-refractivity contribution < 1.29 is 9.90 Å². The molecule has 3 aliphatic rings. The lowest BCUT2D eigenvalue weighted by Gasteiger charge is -2.40. The van der Waals surface area contributed by atoms with Gasteiger partial charge in [-0.25, -0.2) is 15.0 Å². The summed E-state index contributed by atoms with van der Waals surface area (Å²) in [6.07, 6.45) is 8.40. The van der Waals surface area contributed by atoms with Crippen molar-refractivity contribution >= 4 is 34.5 Å². The van der Waals surface area contributed by atoms with E-state index in [1.54, 1.807) is 12.4 Å². The Morgan fingerprint density at radius 2 is 2.25 bits per heavy atom. The number of thiazole rings is 1. The molecule has 1 spiro atoms. The fourth-order valence-electron chi connectivity index (χ4n) is 4.58. The van der Waals surface area contributed by atoms with Gasteiger partial charge in [0, 0.05) is 55.2 Å². The third-order valence-electron chi connectivity index (χ3n) is 6.44. The fraction of sp³-hybridized carbons (Fsp3) is 0.476. The number of nitrogens with zero attached hydrogens (tertiary/aromatic N) is 5. The number of carbonyl (C=O) groups excluding carboxylic acids is 1. The first-order valence-corrected chi connectivity index (χ1v) is 11.5. The molecule has 5 rings (SSSR count). The lowest BCUT2D eigenvalue weighted by Crippen LogP contribution is -2.52. The van der Waals surface area contributed by atoms with Crippen molar-refractivity contribution in [3.8, 4) is 0 Å². The van der Waals surface area contributed by atoms with E-state index in [9.17, 15) is 9.90 Å². The number of nitrogens with one attached hydrogen (secondary N) is 2. The van der Waals surface area contributed by atoms with E-state index in [0.717, 1.165) is 35.2 Å². The van der Waals surface area contributed by atoms with Gasteiger partial charge in [0.2, 0.25) is 11.9 Å². The molecule has 1 saturated carbocycles. The maximum atomic E-state index is 13.8. The second-order valence-corrected chi connectivity index (χ2v) is 9.84. The third-order valence-corrected chi connectivity index (χ3v) is 7.25. The van der Waals surface area contributed by atoms with Crippen LogP contribution in [0.4, 0.5) is 11.1 Å². The first-order chi connectivity index (χ1) is 15.5. The minimum atomic E-state index is -0.861. The summed E-state index contributed by atoms with van der Waals surface area (Å²) in [5.74, 6) is 1.08. The van der Waals surface area contributed by atoms with Gasteiger partial charge < -0.3 is 26.5 Å².